The standard InChI is InChI=1S/C8H16N2O3/c9-7(8(12)6-13-10)4-2-1-3-5-11/h5,7H,1-4,6,9-10H2. The second kappa shape index (κ2) is 7.85. The van der Waals surface area contributed by atoms with Crippen LogP contribution in [0.1, 0.15) is 25.7 Å². The van der Waals surface area contributed by atoms with Crippen molar-refractivity contribution in [2.24, 2.45) is 11.6 Å². The van der Waals surface area contributed by atoms with Crippen LogP contribution >= 0.6 is 0 Å². The fraction of sp³-hybridized carbons (Fsp3) is 0.750. The van der Waals surface area contributed by atoms with Crippen molar-refractivity contribution in [1.29, 1.82) is 0 Å². The van der Waals surface area contributed by atoms with Gasteiger partial charge in [-0.15, -0.1) is 0 Å². The van der Waals surface area contributed by atoms with E-state index in [-0.39, 0.29) is 12.4 Å². The number of carbonyl (C=O) groups is 2. The van der Waals surface area contributed by atoms with Crippen molar-refractivity contribution in [3.8, 4) is 0 Å². The number of unbranched alkanes of at least 4 members (excludes halogenated alkanes) is 2. The Morgan fingerprint density at radius 3 is 2.69 bits per heavy atom. The molecule has 5 heteroatoms. The van der Waals surface area contributed by atoms with Gasteiger partial charge in [-0.1, -0.05) is 6.42 Å². The predicted molar refractivity (Wildman–Crippen MR) is 47.7 cm³/mol. The number of carbonyl (C=O) groups excluding carboxylic acids is 2. The molecule has 0 radical (unpaired) electrons. The van der Waals surface area contributed by atoms with Crippen molar-refractivity contribution in [2.75, 3.05) is 6.61 Å². The zero-order valence-electron chi connectivity index (χ0n) is 7.57. The summed E-state index contributed by atoms with van der Waals surface area (Å²) in [5.41, 5.74) is 5.51. The minimum atomic E-state index is -0.518. The summed E-state index contributed by atoms with van der Waals surface area (Å²) < 4.78 is 0. The molecule has 0 aromatic carbocycles. The van der Waals surface area contributed by atoms with Gasteiger partial charge in [-0.2, -0.15) is 0 Å². The van der Waals surface area contributed by atoms with Crippen molar-refractivity contribution in [2.45, 2.75) is 31.7 Å². The number of hydrogen-bond acceptors (Lipinski definition) is 5. The third kappa shape index (κ3) is 6.39. The Morgan fingerprint density at radius 2 is 2.15 bits per heavy atom. The monoisotopic (exact) mass is 188 g/mol. The lowest BCUT2D eigenvalue weighted by Gasteiger charge is -2.08. The van der Waals surface area contributed by atoms with Crippen LogP contribution in [-0.4, -0.2) is 24.7 Å². The van der Waals surface area contributed by atoms with E-state index in [1.54, 1.807) is 0 Å². The molecule has 4 N–H and O–H groups in total. The van der Waals surface area contributed by atoms with Crippen molar-refractivity contribution in [3.05, 3.63) is 0 Å². The zero-order valence-corrected chi connectivity index (χ0v) is 7.57. The van der Waals surface area contributed by atoms with Crippen LogP contribution in [0.25, 0.3) is 0 Å². The number of ketones is 1. The Balaban J connectivity index is 3.43. The number of nitrogens with two attached hydrogens (primary N) is 2. The van der Waals surface area contributed by atoms with Gasteiger partial charge in [0.15, 0.2) is 5.78 Å². The molecule has 0 fully saturated rings. The van der Waals surface area contributed by atoms with E-state index >= 15 is 0 Å². The maximum atomic E-state index is 11.0. The third-order valence-corrected chi connectivity index (χ3v) is 1.73. The summed E-state index contributed by atoms with van der Waals surface area (Å²) in [5, 5.41) is 0. The molecule has 0 rings (SSSR count). The van der Waals surface area contributed by atoms with E-state index in [2.05, 4.69) is 4.84 Å². The van der Waals surface area contributed by atoms with E-state index in [4.69, 9.17) is 11.6 Å². The first-order valence-electron chi connectivity index (χ1n) is 4.26. The van der Waals surface area contributed by atoms with Gasteiger partial charge in [0.1, 0.15) is 12.9 Å². The quantitative estimate of drug-likeness (QED) is 0.305. The van der Waals surface area contributed by atoms with Gasteiger partial charge in [0.05, 0.1) is 6.04 Å². The van der Waals surface area contributed by atoms with E-state index in [0.717, 1.165) is 19.1 Å². The van der Waals surface area contributed by atoms with Crippen LogP contribution in [0.4, 0.5) is 0 Å². The van der Waals surface area contributed by atoms with E-state index in [0.29, 0.717) is 12.8 Å². The maximum Gasteiger partial charge on any atom is 0.177 e. The summed E-state index contributed by atoms with van der Waals surface area (Å²) in [5.74, 6) is 4.52. The molecule has 1 unspecified atom stereocenters. The molecular weight excluding hydrogens is 172 g/mol. The van der Waals surface area contributed by atoms with Crippen LogP contribution in [0.3, 0.4) is 0 Å². The summed E-state index contributed by atoms with van der Waals surface area (Å²) >= 11 is 0. The molecule has 0 aliphatic carbocycles. The average Bonchev–Trinajstić information content (AvgIpc) is 2.12. The Kier molecular flexibility index (Phi) is 7.38. The molecule has 0 aromatic rings. The first-order chi connectivity index (χ1) is 6.22. The van der Waals surface area contributed by atoms with Gasteiger partial charge >= 0.3 is 0 Å². The molecule has 0 bridgehead atoms. The number of Topliss-reactive ketones (excluding diaryl/α,β-unsaturated/α-hetero) is 1. The van der Waals surface area contributed by atoms with Crippen molar-refractivity contribution in [3.63, 3.8) is 0 Å². The minimum absolute atomic E-state index is 0.144. The highest BCUT2D eigenvalue weighted by Crippen LogP contribution is 2.01. The molecular formula is C8H16N2O3. The fourth-order valence-corrected chi connectivity index (χ4v) is 0.942. The largest absolute Gasteiger partial charge is 0.321 e. The molecule has 76 valence electrons. The topological polar surface area (TPSA) is 95.4 Å². The zero-order chi connectivity index (χ0) is 10.1. The normalized spacial score (nSPS) is 12.5. The third-order valence-electron chi connectivity index (χ3n) is 1.73. The van der Waals surface area contributed by atoms with Crippen LogP contribution in [0.5, 0.6) is 0 Å². The molecule has 0 heterocycles. The minimum Gasteiger partial charge on any atom is -0.321 e. The van der Waals surface area contributed by atoms with E-state index in [1.165, 1.54) is 0 Å². The van der Waals surface area contributed by atoms with Crippen LogP contribution in [0.15, 0.2) is 0 Å². The molecule has 0 aliphatic heterocycles. The molecule has 0 aliphatic rings. The highest BCUT2D eigenvalue weighted by molar-refractivity contribution is 5.84. The summed E-state index contributed by atoms with van der Waals surface area (Å²) in [6.07, 6.45) is 3.50. The van der Waals surface area contributed by atoms with Gasteiger partial charge in [0, 0.05) is 6.42 Å². The first-order valence-corrected chi connectivity index (χ1v) is 4.26. The fourth-order valence-electron chi connectivity index (χ4n) is 0.942. The number of aldehydes is 1. The molecule has 0 saturated heterocycles. The summed E-state index contributed by atoms with van der Waals surface area (Å²) in [4.78, 5) is 25.1. The lowest BCUT2D eigenvalue weighted by molar-refractivity contribution is -0.125. The highest BCUT2D eigenvalue weighted by Gasteiger charge is 2.12. The lowest BCUT2D eigenvalue weighted by Crippen LogP contribution is -2.34. The maximum absolute atomic E-state index is 11.0. The van der Waals surface area contributed by atoms with Gasteiger partial charge in [-0.25, -0.2) is 5.90 Å². The van der Waals surface area contributed by atoms with Gasteiger partial charge in [0.2, 0.25) is 0 Å². The van der Waals surface area contributed by atoms with Crippen LogP contribution in [-0.2, 0) is 14.4 Å². The van der Waals surface area contributed by atoms with Gasteiger partial charge < -0.3 is 10.5 Å². The van der Waals surface area contributed by atoms with Crippen molar-refractivity contribution < 1.29 is 14.4 Å². The molecule has 0 amide bonds. The van der Waals surface area contributed by atoms with Crippen molar-refractivity contribution >= 4 is 12.1 Å². The Hall–Kier alpha value is -0.780. The van der Waals surface area contributed by atoms with Gasteiger partial charge in [-0.05, 0) is 12.8 Å². The number of hydrogen-bond donors (Lipinski definition) is 2. The van der Waals surface area contributed by atoms with Gasteiger partial charge in [0.25, 0.3) is 0 Å². The summed E-state index contributed by atoms with van der Waals surface area (Å²) in [7, 11) is 0. The Bertz CT molecular complexity index is 161. The predicted octanol–water partition coefficient (Wildman–Crippen LogP) is -0.468. The summed E-state index contributed by atoms with van der Waals surface area (Å²) in [6, 6.07) is -0.518. The molecule has 0 aromatic heterocycles. The Morgan fingerprint density at radius 1 is 1.46 bits per heavy atom. The molecule has 0 saturated carbocycles. The Labute approximate surface area is 77.4 Å². The van der Waals surface area contributed by atoms with E-state index < -0.39 is 6.04 Å². The molecule has 0 spiro atoms. The second-order valence-corrected chi connectivity index (χ2v) is 2.83. The SMILES string of the molecule is NOCC(=O)C(N)CCCCC=O. The molecule has 13 heavy (non-hydrogen) atoms. The van der Waals surface area contributed by atoms with E-state index in [9.17, 15) is 9.59 Å². The first kappa shape index (κ1) is 12.2. The smallest absolute Gasteiger partial charge is 0.177 e. The number of rotatable bonds is 8. The van der Waals surface area contributed by atoms with E-state index in [1.807, 2.05) is 0 Å². The van der Waals surface area contributed by atoms with Crippen LogP contribution < -0.4 is 11.6 Å². The van der Waals surface area contributed by atoms with Crippen LogP contribution in [0.2, 0.25) is 0 Å². The second-order valence-electron chi connectivity index (χ2n) is 2.83. The van der Waals surface area contributed by atoms with Crippen molar-refractivity contribution in [1.82, 2.24) is 0 Å². The van der Waals surface area contributed by atoms with Crippen LogP contribution in [0, 0.1) is 0 Å². The summed E-state index contributed by atoms with van der Waals surface area (Å²) in [6.45, 7) is -0.144. The average molecular weight is 188 g/mol. The highest BCUT2D eigenvalue weighted by atomic mass is 16.6. The lowest BCUT2D eigenvalue weighted by atomic mass is 10.1. The van der Waals surface area contributed by atoms with Gasteiger partial charge in [-0.3, -0.25) is 9.63 Å². The molecule has 5 nitrogen and oxygen atoms in total. The molecule has 1 atom stereocenters.